The van der Waals surface area contributed by atoms with Gasteiger partial charge in [0.1, 0.15) is 5.82 Å². The van der Waals surface area contributed by atoms with Crippen LogP contribution in [0.5, 0.6) is 0 Å². The Balaban J connectivity index is 1.61. The first-order chi connectivity index (χ1) is 11.1. The molecular weight excluding hydrogens is 314 g/mol. The number of nitrogens with one attached hydrogen (secondary N) is 2. The van der Waals surface area contributed by atoms with Crippen molar-refractivity contribution in [2.45, 2.75) is 31.7 Å². The van der Waals surface area contributed by atoms with E-state index in [9.17, 15) is 4.79 Å². The molecule has 1 aliphatic heterocycles. The van der Waals surface area contributed by atoms with Crippen molar-refractivity contribution in [3.8, 4) is 0 Å². The highest BCUT2D eigenvalue weighted by molar-refractivity contribution is 6.30. The molecule has 6 nitrogen and oxygen atoms in total. The highest BCUT2D eigenvalue weighted by Crippen LogP contribution is 2.26. The molecule has 0 spiro atoms. The molecule has 1 amide bonds. The fourth-order valence-electron chi connectivity index (χ4n) is 2.95. The molecule has 1 aliphatic rings. The van der Waals surface area contributed by atoms with Crippen molar-refractivity contribution < 1.29 is 4.79 Å². The van der Waals surface area contributed by atoms with Gasteiger partial charge in [-0.25, -0.2) is 4.98 Å². The maximum Gasteiger partial charge on any atom is 0.242 e. The van der Waals surface area contributed by atoms with Crippen LogP contribution in [0, 0.1) is 0 Å². The minimum atomic E-state index is -0.210. The summed E-state index contributed by atoms with van der Waals surface area (Å²) in [6.07, 6.45) is 5.49. The summed E-state index contributed by atoms with van der Waals surface area (Å²) in [5, 5.41) is 10.5. The zero-order chi connectivity index (χ0) is 16.2. The van der Waals surface area contributed by atoms with Crippen LogP contribution in [0.1, 0.15) is 31.4 Å². The molecule has 0 bridgehead atoms. The summed E-state index contributed by atoms with van der Waals surface area (Å²) in [5.74, 6) is 0.869. The highest BCUT2D eigenvalue weighted by atomic mass is 35.5. The van der Waals surface area contributed by atoms with Crippen LogP contribution < -0.4 is 5.32 Å². The lowest BCUT2D eigenvalue weighted by molar-refractivity contribution is -0.121. The van der Waals surface area contributed by atoms with Gasteiger partial charge in [0, 0.05) is 30.6 Å². The second-order valence-corrected chi connectivity index (χ2v) is 6.31. The number of piperidine rings is 1. The van der Waals surface area contributed by atoms with Gasteiger partial charge < -0.3 is 5.32 Å². The van der Waals surface area contributed by atoms with Gasteiger partial charge in [0.2, 0.25) is 5.91 Å². The number of H-pyrrole nitrogens is 1. The number of aromatic nitrogens is 3. The summed E-state index contributed by atoms with van der Waals surface area (Å²) in [4.78, 5) is 18.8. The number of hydrogen-bond acceptors (Lipinski definition) is 4. The lowest BCUT2D eigenvalue weighted by Crippen LogP contribution is -2.46. The molecule has 23 heavy (non-hydrogen) atoms. The van der Waals surface area contributed by atoms with Crippen molar-refractivity contribution in [1.29, 1.82) is 0 Å². The van der Waals surface area contributed by atoms with E-state index in [-0.39, 0.29) is 11.9 Å². The van der Waals surface area contributed by atoms with Gasteiger partial charge in [0.05, 0.1) is 11.1 Å². The van der Waals surface area contributed by atoms with Gasteiger partial charge in [-0.3, -0.25) is 14.8 Å². The Kier molecular flexibility index (Phi) is 4.93. The largest absolute Gasteiger partial charge is 0.309 e. The van der Waals surface area contributed by atoms with Crippen molar-refractivity contribution in [1.82, 2.24) is 20.1 Å². The van der Waals surface area contributed by atoms with Gasteiger partial charge in [-0.1, -0.05) is 11.6 Å². The van der Waals surface area contributed by atoms with Gasteiger partial charge in [-0.2, -0.15) is 5.10 Å². The minimum Gasteiger partial charge on any atom is -0.309 e. The summed E-state index contributed by atoms with van der Waals surface area (Å²) in [6, 6.07) is 5.22. The van der Waals surface area contributed by atoms with E-state index >= 15 is 0 Å². The fourth-order valence-corrected chi connectivity index (χ4v) is 3.06. The van der Waals surface area contributed by atoms with E-state index < -0.39 is 0 Å². The molecule has 0 aliphatic carbocycles. The van der Waals surface area contributed by atoms with Crippen molar-refractivity contribution in [2.24, 2.45) is 0 Å². The minimum absolute atomic E-state index is 0.0508. The standard InChI is InChI=1S/C16H20ClN5O/c1-11(16(23)20-15-5-4-13(17)9-18-15)22-8-2-3-12(10-22)14-6-7-19-21-14/h4-7,9,11-12H,2-3,8,10H2,1H3,(H,19,21)(H,18,20,23). The Morgan fingerprint density at radius 2 is 2.35 bits per heavy atom. The monoisotopic (exact) mass is 333 g/mol. The Morgan fingerprint density at radius 3 is 3.04 bits per heavy atom. The van der Waals surface area contributed by atoms with Crippen molar-refractivity contribution >= 4 is 23.3 Å². The zero-order valence-electron chi connectivity index (χ0n) is 13.0. The Hall–Kier alpha value is -1.92. The molecule has 1 saturated heterocycles. The Bertz CT molecular complexity index is 643. The van der Waals surface area contributed by atoms with Gasteiger partial charge in [0.25, 0.3) is 0 Å². The van der Waals surface area contributed by atoms with Crippen molar-refractivity contribution in [3.63, 3.8) is 0 Å². The van der Waals surface area contributed by atoms with E-state index in [4.69, 9.17) is 11.6 Å². The predicted octanol–water partition coefficient (Wildman–Crippen LogP) is 2.66. The summed E-state index contributed by atoms with van der Waals surface area (Å²) < 4.78 is 0. The van der Waals surface area contributed by atoms with Crippen LogP contribution in [0.4, 0.5) is 5.82 Å². The molecule has 3 heterocycles. The Morgan fingerprint density at radius 1 is 1.48 bits per heavy atom. The van der Waals surface area contributed by atoms with E-state index in [1.54, 1.807) is 18.3 Å². The van der Waals surface area contributed by atoms with Crippen LogP contribution in [0.2, 0.25) is 5.02 Å². The molecule has 0 saturated carbocycles. The second-order valence-electron chi connectivity index (χ2n) is 5.87. The number of amides is 1. The van der Waals surface area contributed by atoms with Crippen LogP contribution in [0.3, 0.4) is 0 Å². The number of carbonyl (C=O) groups excluding carboxylic acids is 1. The van der Waals surface area contributed by atoms with E-state index in [0.29, 0.717) is 16.8 Å². The smallest absolute Gasteiger partial charge is 0.242 e. The zero-order valence-corrected chi connectivity index (χ0v) is 13.8. The first kappa shape index (κ1) is 16.0. The summed E-state index contributed by atoms with van der Waals surface area (Å²) >= 11 is 5.81. The lowest BCUT2D eigenvalue weighted by atomic mass is 9.94. The van der Waals surface area contributed by atoms with E-state index in [1.807, 2.05) is 13.0 Å². The first-order valence-electron chi connectivity index (χ1n) is 7.79. The molecule has 2 aromatic heterocycles. The molecule has 1 fully saturated rings. The number of rotatable bonds is 4. The van der Waals surface area contributed by atoms with Gasteiger partial charge in [0.15, 0.2) is 0 Å². The number of halogens is 1. The number of carbonyl (C=O) groups is 1. The number of aromatic amines is 1. The summed E-state index contributed by atoms with van der Waals surface area (Å²) in [7, 11) is 0. The maximum absolute atomic E-state index is 12.4. The summed E-state index contributed by atoms with van der Waals surface area (Å²) in [5.41, 5.74) is 1.14. The molecular formula is C16H20ClN5O. The molecule has 0 aromatic carbocycles. The van der Waals surface area contributed by atoms with Crippen molar-refractivity contribution in [2.75, 3.05) is 18.4 Å². The highest BCUT2D eigenvalue weighted by Gasteiger charge is 2.28. The number of likely N-dealkylation sites (tertiary alicyclic amines) is 1. The van der Waals surface area contributed by atoms with Gasteiger partial charge in [-0.15, -0.1) is 0 Å². The van der Waals surface area contributed by atoms with Crippen LogP contribution in [0.25, 0.3) is 0 Å². The second kappa shape index (κ2) is 7.10. The average molecular weight is 334 g/mol. The number of pyridine rings is 1. The molecule has 122 valence electrons. The number of nitrogens with zero attached hydrogens (tertiary/aromatic N) is 3. The third kappa shape index (κ3) is 3.89. The third-order valence-electron chi connectivity index (χ3n) is 4.32. The molecule has 3 rings (SSSR count). The van der Waals surface area contributed by atoms with Crippen LogP contribution in [-0.4, -0.2) is 45.1 Å². The van der Waals surface area contributed by atoms with Crippen molar-refractivity contribution in [3.05, 3.63) is 41.3 Å². The topological polar surface area (TPSA) is 73.9 Å². The van der Waals surface area contributed by atoms with Gasteiger partial charge in [-0.05, 0) is 44.5 Å². The van der Waals surface area contributed by atoms with E-state index in [2.05, 4.69) is 25.4 Å². The van der Waals surface area contributed by atoms with Gasteiger partial charge >= 0.3 is 0 Å². The first-order valence-corrected chi connectivity index (χ1v) is 8.17. The van der Waals surface area contributed by atoms with Crippen LogP contribution in [0.15, 0.2) is 30.6 Å². The molecule has 2 atom stereocenters. The van der Waals surface area contributed by atoms with E-state index in [1.165, 1.54) is 6.20 Å². The van der Waals surface area contributed by atoms with E-state index in [0.717, 1.165) is 31.6 Å². The number of anilines is 1. The third-order valence-corrected chi connectivity index (χ3v) is 4.54. The molecule has 2 aromatic rings. The number of hydrogen-bond donors (Lipinski definition) is 2. The quantitative estimate of drug-likeness (QED) is 0.902. The Labute approximate surface area is 140 Å². The SMILES string of the molecule is CC(C(=O)Nc1ccc(Cl)cn1)N1CCCC(c2ccn[nH]2)C1. The maximum atomic E-state index is 12.4. The summed E-state index contributed by atoms with van der Waals surface area (Å²) in [6.45, 7) is 3.71. The average Bonchev–Trinajstić information content (AvgIpc) is 3.11. The molecule has 2 N–H and O–H groups in total. The molecule has 0 radical (unpaired) electrons. The van der Waals surface area contributed by atoms with Crippen LogP contribution >= 0.6 is 11.6 Å². The predicted molar refractivity (Wildman–Crippen MR) is 89.5 cm³/mol. The lowest BCUT2D eigenvalue weighted by Gasteiger charge is -2.35. The van der Waals surface area contributed by atoms with Crippen LogP contribution in [-0.2, 0) is 4.79 Å². The molecule has 2 unspecified atom stereocenters. The molecule has 7 heteroatoms. The fraction of sp³-hybridized carbons (Fsp3) is 0.438. The normalized spacial score (nSPS) is 20.2.